The summed E-state index contributed by atoms with van der Waals surface area (Å²) in [5.74, 6) is -0.914. The van der Waals surface area contributed by atoms with E-state index >= 15 is 0 Å². The van der Waals surface area contributed by atoms with Crippen molar-refractivity contribution in [2.45, 2.75) is 51.4 Å². The molecule has 11 heteroatoms. The van der Waals surface area contributed by atoms with E-state index in [0.29, 0.717) is 52.5 Å². The van der Waals surface area contributed by atoms with E-state index in [1.807, 2.05) is 28.3 Å². The second-order valence-electron chi connectivity index (χ2n) is 12.1. The van der Waals surface area contributed by atoms with E-state index in [4.69, 9.17) is 27.9 Å². The number of carbonyl (C=O) groups is 2. The highest BCUT2D eigenvalue weighted by Crippen LogP contribution is 2.44. The molecule has 44 heavy (non-hydrogen) atoms. The lowest BCUT2D eigenvalue weighted by atomic mass is 9.68. The number of nitrogens with zero attached hydrogens (tertiary/aromatic N) is 4. The second kappa shape index (κ2) is 14.8. The van der Waals surface area contributed by atoms with Crippen LogP contribution in [0.4, 0.5) is 0 Å². The molecule has 3 heterocycles. The second-order valence-corrected chi connectivity index (χ2v) is 13.9. The van der Waals surface area contributed by atoms with E-state index in [2.05, 4.69) is 22.1 Å². The fourth-order valence-electron chi connectivity index (χ4n) is 6.75. The number of aromatic nitrogens is 1. The number of allylic oxidation sites excluding steroid dienone is 2. The molecule has 2 fully saturated rings. The zero-order valence-electron chi connectivity index (χ0n) is 25.9. The van der Waals surface area contributed by atoms with Crippen LogP contribution in [-0.2, 0) is 20.7 Å². The van der Waals surface area contributed by atoms with E-state index < -0.39 is 11.9 Å². The highest BCUT2D eigenvalue weighted by atomic mass is 35.5. The van der Waals surface area contributed by atoms with Crippen LogP contribution in [0.1, 0.15) is 55.5 Å². The number of piperazine rings is 1. The Labute approximate surface area is 275 Å². The van der Waals surface area contributed by atoms with Gasteiger partial charge >= 0.3 is 5.97 Å². The number of amides is 1. The molecule has 0 radical (unpaired) electrons. The van der Waals surface area contributed by atoms with Crippen LogP contribution in [0.5, 0.6) is 0 Å². The fraction of sp³-hybridized carbons (Fsp3) is 0.545. The maximum atomic E-state index is 13.8. The van der Waals surface area contributed by atoms with Crippen molar-refractivity contribution in [3.8, 4) is 0 Å². The van der Waals surface area contributed by atoms with Gasteiger partial charge in [-0.15, -0.1) is 11.3 Å². The largest absolute Gasteiger partial charge is 0.466 e. The van der Waals surface area contributed by atoms with Gasteiger partial charge in [0.05, 0.1) is 24.1 Å². The van der Waals surface area contributed by atoms with Crippen molar-refractivity contribution in [3.05, 3.63) is 73.4 Å². The number of halogens is 2. The monoisotopic (exact) mass is 659 g/mol. The van der Waals surface area contributed by atoms with Gasteiger partial charge < -0.3 is 19.9 Å². The van der Waals surface area contributed by atoms with Crippen LogP contribution in [0.15, 0.2) is 52.8 Å². The van der Waals surface area contributed by atoms with Crippen molar-refractivity contribution in [3.63, 3.8) is 0 Å². The fourth-order valence-corrected chi connectivity index (χ4v) is 8.00. The molecular weight excluding hydrogens is 617 g/mol. The molecule has 5 rings (SSSR count). The topological polar surface area (TPSA) is 78.0 Å². The van der Waals surface area contributed by atoms with Gasteiger partial charge in [-0.2, -0.15) is 0 Å². The SMILES string of the molecule is CCNCC1(CN2CCN(C(=O)CC3=CC(c4c(Cl)cccc4Cl)C(C(=O)OC)=C(CCc4nccs4)N3C)CC2)CCC1. The Balaban J connectivity index is 1.35. The first-order valence-corrected chi connectivity index (χ1v) is 17.2. The number of rotatable bonds is 12. The molecule has 1 aliphatic carbocycles. The van der Waals surface area contributed by atoms with E-state index in [1.165, 1.54) is 26.4 Å². The van der Waals surface area contributed by atoms with Gasteiger partial charge in [0.1, 0.15) is 0 Å². The standard InChI is InChI=1S/C33H43Cl2N5O3S/c1-4-36-21-33(11-6-12-33)22-39-14-16-40(17-15-39)29(41)20-23-19-24(30-25(34)7-5-8-26(30)35)31(32(42)43-3)27(38(23)2)9-10-28-37-13-18-44-28/h5,7-8,13,18-19,24,36H,4,6,9-12,14-17,20-22H2,1-3H3. The lowest BCUT2D eigenvalue weighted by Gasteiger charge is -2.47. The van der Waals surface area contributed by atoms with Crippen molar-refractivity contribution in [2.75, 3.05) is 60.0 Å². The van der Waals surface area contributed by atoms with Crippen LogP contribution in [0.25, 0.3) is 0 Å². The average Bonchev–Trinajstić information content (AvgIpc) is 3.52. The minimum absolute atomic E-state index is 0.0820. The number of ether oxygens (including phenoxy) is 1. The predicted octanol–water partition coefficient (Wildman–Crippen LogP) is 5.74. The number of thiazole rings is 1. The minimum atomic E-state index is -0.554. The molecule has 1 amide bonds. The number of hydrogen-bond acceptors (Lipinski definition) is 8. The molecule has 1 unspecified atom stereocenters. The van der Waals surface area contributed by atoms with Crippen LogP contribution in [0.2, 0.25) is 10.0 Å². The van der Waals surface area contributed by atoms with Gasteiger partial charge in [-0.05, 0) is 43.4 Å². The quantitative estimate of drug-likeness (QED) is 0.291. The predicted molar refractivity (Wildman–Crippen MR) is 177 cm³/mol. The summed E-state index contributed by atoms with van der Waals surface area (Å²) in [6, 6.07) is 5.33. The van der Waals surface area contributed by atoms with E-state index in [-0.39, 0.29) is 12.3 Å². The van der Waals surface area contributed by atoms with Crippen molar-refractivity contribution in [1.82, 2.24) is 25.0 Å². The molecule has 0 spiro atoms. The van der Waals surface area contributed by atoms with E-state index in [1.54, 1.807) is 35.7 Å². The summed E-state index contributed by atoms with van der Waals surface area (Å²) in [4.78, 5) is 38.1. The van der Waals surface area contributed by atoms with Crippen LogP contribution in [-0.4, -0.2) is 91.5 Å². The first kappa shape index (κ1) is 32.9. The number of esters is 1. The molecule has 8 nitrogen and oxygen atoms in total. The Morgan fingerprint density at radius 1 is 1.14 bits per heavy atom. The number of carbonyl (C=O) groups excluding carboxylic acids is 2. The number of aryl methyl sites for hydroxylation is 1. The van der Waals surface area contributed by atoms with Gasteiger partial charge in [0.2, 0.25) is 5.91 Å². The maximum absolute atomic E-state index is 13.8. The minimum Gasteiger partial charge on any atom is -0.466 e. The third kappa shape index (κ3) is 7.34. The van der Waals surface area contributed by atoms with Gasteiger partial charge in [-0.25, -0.2) is 9.78 Å². The Morgan fingerprint density at radius 3 is 2.45 bits per heavy atom. The molecule has 238 valence electrons. The average molecular weight is 661 g/mol. The van der Waals surface area contributed by atoms with Crippen molar-refractivity contribution < 1.29 is 14.3 Å². The Morgan fingerprint density at radius 2 is 1.86 bits per heavy atom. The normalized spacial score (nSPS) is 20.4. The molecule has 1 aromatic heterocycles. The van der Waals surface area contributed by atoms with Crippen LogP contribution in [0, 0.1) is 5.41 Å². The smallest absolute Gasteiger partial charge is 0.336 e. The molecule has 2 aliphatic heterocycles. The molecule has 2 aromatic rings. The number of benzene rings is 1. The van der Waals surface area contributed by atoms with E-state index in [9.17, 15) is 9.59 Å². The molecule has 0 bridgehead atoms. The lowest BCUT2D eigenvalue weighted by molar-refractivity contribution is -0.136. The van der Waals surface area contributed by atoms with Crippen molar-refractivity contribution in [2.24, 2.45) is 5.41 Å². The summed E-state index contributed by atoms with van der Waals surface area (Å²) in [6.07, 6.45) is 9.03. The summed E-state index contributed by atoms with van der Waals surface area (Å²) in [7, 11) is 3.30. The Bertz CT molecular complexity index is 1360. The van der Waals surface area contributed by atoms with Gasteiger partial charge in [-0.1, -0.05) is 48.7 Å². The molecule has 1 saturated heterocycles. The van der Waals surface area contributed by atoms with Crippen LogP contribution in [0.3, 0.4) is 0 Å². The molecular formula is C33H43Cl2N5O3S. The zero-order chi connectivity index (χ0) is 31.3. The number of hydrogen-bond donors (Lipinski definition) is 1. The molecule has 1 atom stereocenters. The first-order chi connectivity index (χ1) is 21.2. The van der Waals surface area contributed by atoms with Gasteiger partial charge in [-0.3, -0.25) is 9.69 Å². The summed E-state index contributed by atoms with van der Waals surface area (Å²) < 4.78 is 5.29. The molecule has 3 aliphatic rings. The van der Waals surface area contributed by atoms with Crippen molar-refractivity contribution >= 4 is 46.4 Å². The zero-order valence-corrected chi connectivity index (χ0v) is 28.2. The number of nitrogens with one attached hydrogen (secondary N) is 1. The highest BCUT2D eigenvalue weighted by Gasteiger charge is 2.39. The highest BCUT2D eigenvalue weighted by molar-refractivity contribution is 7.09. The Kier molecular flexibility index (Phi) is 11.1. The summed E-state index contributed by atoms with van der Waals surface area (Å²) in [5.41, 5.74) is 3.10. The molecule has 1 aromatic carbocycles. The third-order valence-corrected chi connectivity index (χ3v) is 10.9. The first-order valence-electron chi connectivity index (χ1n) is 15.5. The molecule has 1 saturated carbocycles. The molecule has 1 N–H and O–H groups in total. The van der Waals surface area contributed by atoms with Crippen LogP contribution >= 0.6 is 34.5 Å². The summed E-state index contributed by atoms with van der Waals surface area (Å²) in [6.45, 7) is 8.54. The van der Waals surface area contributed by atoms with Crippen LogP contribution < -0.4 is 5.32 Å². The van der Waals surface area contributed by atoms with Gasteiger partial charge in [0, 0.05) is 97.2 Å². The summed E-state index contributed by atoms with van der Waals surface area (Å²) >= 11 is 15.0. The van der Waals surface area contributed by atoms with Gasteiger partial charge in [0.15, 0.2) is 0 Å². The Hall–Kier alpha value is -2.43. The van der Waals surface area contributed by atoms with Gasteiger partial charge in [0.25, 0.3) is 0 Å². The number of methoxy groups -OCH3 is 1. The summed E-state index contributed by atoms with van der Waals surface area (Å²) in [5, 5.41) is 7.40. The maximum Gasteiger partial charge on any atom is 0.336 e. The lowest BCUT2D eigenvalue weighted by Crippen LogP contribution is -2.54. The van der Waals surface area contributed by atoms with Crippen molar-refractivity contribution in [1.29, 1.82) is 0 Å². The third-order valence-electron chi connectivity index (χ3n) is 9.37. The van der Waals surface area contributed by atoms with E-state index in [0.717, 1.165) is 49.1 Å².